The average Bonchev–Trinajstić information content (AvgIpc) is 3.26. The Morgan fingerprint density at radius 1 is 1.33 bits per heavy atom. The molecule has 0 aromatic heterocycles. The van der Waals surface area contributed by atoms with E-state index >= 15 is 0 Å². The third kappa shape index (κ3) is 4.74. The third-order valence-electron chi connectivity index (χ3n) is 3.88. The summed E-state index contributed by atoms with van der Waals surface area (Å²) in [6, 6.07) is 8.01. The van der Waals surface area contributed by atoms with Crippen molar-refractivity contribution >= 4 is 5.91 Å². The van der Waals surface area contributed by atoms with Gasteiger partial charge in [-0.1, -0.05) is 32.9 Å². The molecular formula is C17H26N2O2. The number of hydrogen-bond donors (Lipinski definition) is 2. The van der Waals surface area contributed by atoms with Gasteiger partial charge < -0.3 is 15.8 Å². The van der Waals surface area contributed by atoms with Crippen LogP contribution in [-0.4, -0.2) is 25.1 Å². The quantitative estimate of drug-likeness (QED) is 0.844. The van der Waals surface area contributed by atoms with Gasteiger partial charge in [-0.25, -0.2) is 0 Å². The summed E-state index contributed by atoms with van der Waals surface area (Å²) in [6.07, 6.45) is 2.33. The van der Waals surface area contributed by atoms with Crippen molar-refractivity contribution in [1.82, 2.24) is 5.32 Å². The van der Waals surface area contributed by atoms with Gasteiger partial charge in [0.1, 0.15) is 5.75 Å². The van der Waals surface area contributed by atoms with E-state index in [1.807, 2.05) is 24.3 Å². The van der Waals surface area contributed by atoms with Gasteiger partial charge in [0.05, 0.1) is 0 Å². The highest BCUT2D eigenvalue weighted by atomic mass is 16.5. The topological polar surface area (TPSA) is 64.3 Å². The highest BCUT2D eigenvalue weighted by Crippen LogP contribution is 2.32. The summed E-state index contributed by atoms with van der Waals surface area (Å²) in [4.78, 5) is 11.9. The molecular weight excluding hydrogens is 264 g/mol. The summed E-state index contributed by atoms with van der Waals surface area (Å²) in [5.41, 5.74) is 7.04. The highest BCUT2D eigenvalue weighted by molar-refractivity contribution is 5.78. The molecule has 0 aliphatic heterocycles. The van der Waals surface area contributed by atoms with Gasteiger partial charge in [0, 0.05) is 12.6 Å². The average molecular weight is 290 g/mol. The molecule has 0 radical (unpaired) electrons. The molecule has 1 aromatic carbocycles. The largest absolute Gasteiger partial charge is 0.484 e. The molecule has 1 aliphatic rings. The minimum atomic E-state index is -0.0998. The number of rotatable bonds is 6. The number of carbonyl (C=O) groups excluding carboxylic acids is 1. The van der Waals surface area contributed by atoms with E-state index in [0.29, 0.717) is 18.2 Å². The standard InChI is InChI=1S/C17H26N2O2/c1-17(2,3)13-6-8-14(9-7-13)21-11-16(20)19-15(10-18)12-4-5-12/h6-9,12,15H,4-5,10-11,18H2,1-3H3,(H,19,20). The van der Waals surface area contributed by atoms with Crippen LogP contribution in [0.3, 0.4) is 0 Å². The smallest absolute Gasteiger partial charge is 0.258 e. The zero-order chi connectivity index (χ0) is 15.5. The first-order valence-electron chi connectivity index (χ1n) is 7.63. The Morgan fingerprint density at radius 3 is 2.43 bits per heavy atom. The Balaban J connectivity index is 1.80. The normalized spacial score (nSPS) is 16.4. The van der Waals surface area contributed by atoms with E-state index in [1.165, 1.54) is 5.56 Å². The fraction of sp³-hybridized carbons (Fsp3) is 0.588. The van der Waals surface area contributed by atoms with E-state index < -0.39 is 0 Å². The molecule has 0 saturated heterocycles. The minimum absolute atomic E-state index is 0.0398. The second kappa shape index (κ2) is 6.48. The maximum absolute atomic E-state index is 11.9. The van der Waals surface area contributed by atoms with Crippen molar-refractivity contribution in [2.24, 2.45) is 11.7 Å². The second-order valence-electron chi connectivity index (χ2n) is 6.81. The van der Waals surface area contributed by atoms with Crippen molar-refractivity contribution in [3.8, 4) is 5.75 Å². The Hall–Kier alpha value is -1.55. The van der Waals surface area contributed by atoms with Gasteiger partial charge in [0.25, 0.3) is 5.91 Å². The van der Waals surface area contributed by atoms with Crippen molar-refractivity contribution in [3.63, 3.8) is 0 Å². The summed E-state index contributed by atoms with van der Waals surface area (Å²) < 4.78 is 5.53. The fourth-order valence-corrected chi connectivity index (χ4v) is 2.32. The molecule has 1 fully saturated rings. The Labute approximate surface area is 127 Å². The van der Waals surface area contributed by atoms with E-state index in [4.69, 9.17) is 10.5 Å². The van der Waals surface area contributed by atoms with Crippen LogP contribution in [0.25, 0.3) is 0 Å². The van der Waals surface area contributed by atoms with Crippen molar-refractivity contribution in [2.75, 3.05) is 13.2 Å². The summed E-state index contributed by atoms with van der Waals surface area (Å²) in [5.74, 6) is 1.18. The summed E-state index contributed by atoms with van der Waals surface area (Å²) in [7, 11) is 0. The molecule has 0 bridgehead atoms. The lowest BCUT2D eigenvalue weighted by molar-refractivity contribution is -0.123. The first kappa shape index (κ1) is 15.8. The van der Waals surface area contributed by atoms with E-state index in [0.717, 1.165) is 12.8 Å². The number of nitrogens with two attached hydrogens (primary N) is 1. The van der Waals surface area contributed by atoms with Crippen LogP contribution in [0, 0.1) is 5.92 Å². The molecule has 1 saturated carbocycles. The van der Waals surface area contributed by atoms with Gasteiger partial charge in [0.2, 0.25) is 0 Å². The minimum Gasteiger partial charge on any atom is -0.484 e. The van der Waals surface area contributed by atoms with Crippen molar-refractivity contribution in [1.29, 1.82) is 0 Å². The maximum atomic E-state index is 11.9. The number of carbonyl (C=O) groups is 1. The first-order valence-corrected chi connectivity index (χ1v) is 7.63. The maximum Gasteiger partial charge on any atom is 0.258 e. The zero-order valence-electron chi connectivity index (χ0n) is 13.2. The Kier molecular flexibility index (Phi) is 4.88. The van der Waals surface area contributed by atoms with Gasteiger partial charge in [-0.15, -0.1) is 0 Å². The molecule has 116 valence electrons. The monoisotopic (exact) mass is 290 g/mol. The van der Waals surface area contributed by atoms with Crippen LogP contribution in [0.4, 0.5) is 0 Å². The van der Waals surface area contributed by atoms with Gasteiger partial charge >= 0.3 is 0 Å². The Bertz CT molecular complexity index is 473. The lowest BCUT2D eigenvalue weighted by Gasteiger charge is -2.19. The van der Waals surface area contributed by atoms with Crippen LogP contribution in [0.1, 0.15) is 39.2 Å². The van der Waals surface area contributed by atoms with Crippen LogP contribution in [0.2, 0.25) is 0 Å². The third-order valence-corrected chi connectivity index (χ3v) is 3.88. The molecule has 0 spiro atoms. The van der Waals surface area contributed by atoms with E-state index in [-0.39, 0.29) is 24.0 Å². The molecule has 1 unspecified atom stereocenters. The van der Waals surface area contributed by atoms with Crippen molar-refractivity contribution in [3.05, 3.63) is 29.8 Å². The molecule has 0 heterocycles. The SMILES string of the molecule is CC(C)(C)c1ccc(OCC(=O)NC(CN)C2CC2)cc1. The van der Waals surface area contributed by atoms with Crippen molar-refractivity contribution < 1.29 is 9.53 Å². The molecule has 4 heteroatoms. The lowest BCUT2D eigenvalue weighted by Crippen LogP contribution is -2.43. The van der Waals surface area contributed by atoms with Crippen LogP contribution in [-0.2, 0) is 10.2 Å². The number of ether oxygens (including phenoxy) is 1. The number of amides is 1. The number of nitrogens with one attached hydrogen (secondary N) is 1. The van der Waals surface area contributed by atoms with Gasteiger partial charge in [-0.05, 0) is 41.9 Å². The van der Waals surface area contributed by atoms with Crippen LogP contribution in [0.5, 0.6) is 5.75 Å². The van der Waals surface area contributed by atoms with E-state index in [9.17, 15) is 4.79 Å². The second-order valence-corrected chi connectivity index (χ2v) is 6.81. The predicted molar refractivity (Wildman–Crippen MR) is 84.3 cm³/mol. The molecule has 4 nitrogen and oxygen atoms in total. The van der Waals surface area contributed by atoms with Crippen LogP contribution < -0.4 is 15.8 Å². The van der Waals surface area contributed by atoms with Crippen molar-refractivity contribution in [2.45, 2.75) is 45.1 Å². The first-order chi connectivity index (χ1) is 9.90. The Morgan fingerprint density at radius 2 is 1.95 bits per heavy atom. The number of benzene rings is 1. The van der Waals surface area contributed by atoms with Crippen LogP contribution >= 0.6 is 0 Å². The summed E-state index contributed by atoms with van der Waals surface area (Å²) in [5, 5.41) is 2.95. The van der Waals surface area contributed by atoms with Gasteiger partial charge in [-0.2, -0.15) is 0 Å². The number of hydrogen-bond acceptors (Lipinski definition) is 3. The molecule has 1 amide bonds. The van der Waals surface area contributed by atoms with E-state index in [1.54, 1.807) is 0 Å². The van der Waals surface area contributed by atoms with Gasteiger partial charge in [0.15, 0.2) is 6.61 Å². The molecule has 21 heavy (non-hydrogen) atoms. The van der Waals surface area contributed by atoms with E-state index in [2.05, 4.69) is 26.1 Å². The molecule has 2 rings (SSSR count). The summed E-state index contributed by atoms with van der Waals surface area (Å²) in [6.45, 7) is 7.04. The van der Waals surface area contributed by atoms with Gasteiger partial charge in [-0.3, -0.25) is 4.79 Å². The summed E-state index contributed by atoms with van der Waals surface area (Å²) >= 11 is 0. The highest BCUT2D eigenvalue weighted by Gasteiger charge is 2.31. The molecule has 1 aliphatic carbocycles. The zero-order valence-corrected chi connectivity index (χ0v) is 13.2. The molecule has 1 atom stereocenters. The molecule has 1 aromatic rings. The predicted octanol–water partition coefficient (Wildman–Crippen LogP) is 2.22. The molecule has 3 N–H and O–H groups in total. The van der Waals surface area contributed by atoms with Crippen LogP contribution in [0.15, 0.2) is 24.3 Å². The lowest BCUT2D eigenvalue weighted by atomic mass is 9.87. The fourth-order valence-electron chi connectivity index (χ4n) is 2.32.